The van der Waals surface area contributed by atoms with E-state index in [0.29, 0.717) is 30.2 Å². The third-order valence-electron chi connectivity index (χ3n) is 3.64. The molecule has 0 unspecified atom stereocenters. The molecule has 126 valence electrons. The van der Waals surface area contributed by atoms with Crippen LogP contribution in [0.1, 0.15) is 17.1 Å². The number of halogens is 3. The molecule has 0 aliphatic carbocycles. The summed E-state index contributed by atoms with van der Waals surface area (Å²) in [5, 5.41) is 3.19. The Kier molecular flexibility index (Phi) is 4.44. The number of imidazole rings is 1. The van der Waals surface area contributed by atoms with E-state index < -0.39 is 11.7 Å². The monoisotopic (exact) mass is 335 g/mol. The predicted octanol–water partition coefficient (Wildman–Crippen LogP) is 3.99. The molecular weight excluding hydrogens is 319 g/mol. The van der Waals surface area contributed by atoms with Crippen molar-refractivity contribution in [1.82, 2.24) is 14.9 Å². The van der Waals surface area contributed by atoms with Crippen LogP contribution in [0.15, 0.2) is 53.2 Å². The van der Waals surface area contributed by atoms with Crippen molar-refractivity contribution in [3.63, 3.8) is 0 Å². The molecule has 1 N–H and O–H groups in total. The van der Waals surface area contributed by atoms with E-state index in [9.17, 15) is 13.2 Å². The van der Waals surface area contributed by atoms with Crippen LogP contribution < -0.4 is 5.32 Å². The summed E-state index contributed by atoms with van der Waals surface area (Å²) in [5.74, 6) is 1.95. The first kappa shape index (κ1) is 16.3. The topological polar surface area (TPSA) is 43.0 Å². The highest BCUT2D eigenvalue weighted by atomic mass is 19.4. The Hall–Kier alpha value is -2.54. The van der Waals surface area contributed by atoms with Gasteiger partial charge < -0.3 is 14.3 Å². The Balaban J connectivity index is 1.66. The molecule has 7 heteroatoms. The first-order chi connectivity index (χ1) is 11.4. The zero-order valence-corrected chi connectivity index (χ0v) is 13.0. The Morgan fingerprint density at radius 3 is 2.71 bits per heavy atom. The van der Waals surface area contributed by atoms with E-state index >= 15 is 0 Å². The quantitative estimate of drug-likeness (QED) is 0.767. The van der Waals surface area contributed by atoms with Crippen LogP contribution in [0.3, 0.4) is 0 Å². The summed E-state index contributed by atoms with van der Waals surface area (Å²) in [4.78, 5) is 4.20. The van der Waals surface area contributed by atoms with Crippen molar-refractivity contribution in [1.29, 1.82) is 0 Å². The van der Waals surface area contributed by atoms with Crippen LogP contribution in [-0.2, 0) is 26.3 Å². The molecule has 1 aromatic carbocycles. The van der Waals surface area contributed by atoms with Gasteiger partial charge in [-0.2, -0.15) is 13.2 Å². The summed E-state index contributed by atoms with van der Waals surface area (Å²) >= 11 is 0. The summed E-state index contributed by atoms with van der Waals surface area (Å²) in [6, 6.07) is 8.53. The SMILES string of the molecule is Cn1ccnc1CNCc1ccc(-c2cccc(C(F)(F)F)c2)o1. The normalized spacial score (nSPS) is 11.8. The summed E-state index contributed by atoms with van der Waals surface area (Å²) < 4.78 is 45.9. The van der Waals surface area contributed by atoms with Gasteiger partial charge >= 0.3 is 6.18 Å². The van der Waals surface area contributed by atoms with Crippen LogP contribution in [0.5, 0.6) is 0 Å². The molecule has 0 fully saturated rings. The molecule has 0 saturated carbocycles. The molecule has 2 heterocycles. The van der Waals surface area contributed by atoms with Crippen molar-refractivity contribution < 1.29 is 17.6 Å². The number of benzene rings is 1. The molecule has 0 aliphatic rings. The molecular formula is C17H16F3N3O. The molecule has 0 atom stereocenters. The van der Waals surface area contributed by atoms with Gasteiger partial charge in [-0.05, 0) is 24.3 Å². The van der Waals surface area contributed by atoms with Gasteiger partial charge in [-0.25, -0.2) is 4.98 Å². The molecule has 0 saturated heterocycles. The van der Waals surface area contributed by atoms with Crippen molar-refractivity contribution in [2.45, 2.75) is 19.3 Å². The van der Waals surface area contributed by atoms with E-state index in [4.69, 9.17) is 4.42 Å². The molecule has 3 rings (SSSR count). The van der Waals surface area contributed by atoms with Crippen LogP contribution in [0.2, 0.25) is 0 Å². The average molecular weight is 335 g/mol. The van der Waals surface area contributed by atoms with Crippen LogP contribution in [0, 0.1) is 0 Å². The lowest BCUT2D eigenvalue weighted by Gasteiger charge is -2.07. The third kappa shape index (κ3) is 3.68. The van der Waals surface area contributed by atoms with Crippen LogP contribution in [-0.4, -0.2) is 9.55 Å². The fraction of sp³-hybridized carbons (Fsp3) is 0.235. The highest BCUT2D eigenvalue weighted by Gasteiger charge is 2.30. The molecule has 0 spiro atoms. The fourth-order valence-corrected chi connectivity index (χ4v) is 2.34. The minimum absolute atomic E-state index is 0.403. The van der Waals surface area contributed by atoms with Crippen molar-refractivity contribution >= 4 is 0 Å². The standard InChI is InChI=1S/C17H16F3N3O/c1-23-8-7-22-16(23)11-21-10-14-5-6-15(24-14)12-3-2-4-13(9-12)17(18,19)20/h2-9,21H,10-11H2,1H3. The van der Waals surface area contributed by atoms with Gasteiger partial charge in [0.15, 0.2) is 0 Å². The molecule has 0 radical (unpaired) electrons. The zero-order valence-electron chi connectivity index (χ0n) is 13.0. The van der Waals surface area contributed by atoms with Gasteiger partial charge in [-0.3, -0.25) is 0 Å². The largest absolute Gasteiger partial charge is 0.460 e. The van der Waals surface area contributed by atoms with Crippen molar-refractivity contribution in [2.75, 3.05) is 0 Å². The molecule has 0 aliphatic heterocycles. The Bertz CT molecular complexity index is 820. The Morgan fingerprint density at radius 2 is 2.00 bits per heavy atom. The van der Waals surface area contributed by atoms with E-state index in [2.05, 4.69) is 10.3 Å². The van der Waals surface area contributed by atoms with E-state index in [1.807, 2.05) is 17.8 Å². The second-order valence-electron chi connectivity index (χ2n) is 5.40. The summed E-state index contributed by atoms with van der Waals surface area (Å²) in [5.41, 5.74) is -0.286. The van der Waals surface area contributed by atoms with Crippen LogP contribution in [0.4, 0.5) is 13.2 Å². The lowest BCUT2D eigenvalue weighted by Crippen LogP contribution is -2.15. The van der Waals surface area contributed by atoms with Crippen molar-refractivity contribution in [3.05, 3.63) is 65.9 Å². The van der Waals surface area contributed by atoms with Gasteiger partial charge in [0.1, 0.15) is 17.3 Å². The Labute approximate surface area is 136 Å². The smallest absolute Gasteiger partial charge is 0.416 e. The first-order valence-electron chi connectivity index (χ1n) is 7.37. The van der Waals surface area contributed by atoms with Gasteiger partial charge in [-0.15, -0.1) is 0 Å². The fourth-order valence-electron chi connectivity index (χ4n) is 2.34. The van der Waals surface area contributed by atoms with Gasteiger partial charge in [0.2, 0.25) is 0 Å². The lowest BCUT2D eigenvalue weighted by atomic mass is 10.1. The number of furan rings is 1. The minimum atomic E-state index is -4.37. The maximum atomic E-state index is 12.8. The Morgan fingerprint density at radius 1 is 1.17 bits per heavy atom. The number of rotatable bonds is 5. The minimum Gasteiger partial charge on any atom is -0.460 e. The number of aryl methyl sites for hydroxylation is 1. The number of nitrogens with zero attached hydrogens (tertiary/aromatic N) is 2. The summed E-state index contributed by atoms with van der Waals surface area (Å²) in [7, 11) is 1.91. The molecule has 24 heavy (non-hydrogen) atoms. The van der Waals surface area contributed by atoms with Gasteiger partial charge in [0, 0.05) is 25.0 Å². The molecule has 0 amide bonds. The molecule has 3 aromatic rings. The van der Waals surface area contributed by atoms with Crippen LogP contribution in [0.25, 0.3) is 11.3 Å². The maximum Gasteiger partial charge on any atom is 0.416 e. The van der Waals surface area contributed by atoms with Gasteiger partial charge in [0.05, 0.1) is 18.7 Å². The maximum absolute atomic E-state index is 12.8. The highest BCUT2D eigenvalue weighted by Crippen LogP contribution is 2.32. The van der Waals surface area contributed by atoms with E-state index in [1.165, 1.54) is 6.07 Å². The number of hydrogen-bond donors (Lipinski definition) is 1. The predicted molar refractivity (Wildman–Crippen MR) is 82.9 cm³/mol. The van der Waals surface area contributed by atoms with Crippen LogP contribution >= 0.6 is 0 Å². The van der Waals surface area contributed by atoms with Crippen molar-refractivity contribution in [3.8, 4) is 11.3 Å². The summed E-state index contributed by atoms with van der Waals surface area (Å²) in [6.45, 7) is 1.04. The van der Waals surface area contributed by atoms with Gasteiger partial charge in [-0.1, -0.05) is 12.1 Å². The van der Waals surface area contributed by atoms with E-state index in [0.717, 1.165) is 18.0 Å². The lowest BCUT2D eigenvalue weighted by molar-refractivity contribution is -0.137. The van der Waals surface area contributed by atoms with Crippen molar-refractivity contribution in [2.24, 2.45) is 7.05 Å². The van der Waals surface area contributed by atoms with E-state index in [1.54, 1.807) is 24.4 Å². The van der Waals surface area contributed by atoms with Gasteiger partial charge in [0.25, 0.3) is 0 Å². The first-order valence-corrected chi connectivity index (χ1v) is 7.37. The second kappa shape index (κ2) is 6.52. The third-order valence-corrected chi connectivity index (χ3v) is 3.64. The number of nitrogens with one attached hydrogen (secondary N) is 1. The second-order valence-corrected chi connectivity index (χ2v) is 5.40. The zero-order chi connectivity index (χ0) is 17.2. The number of alkyl halides is 3. The average Bonchev–Trinajstić information content (AvgIpc) is 3.17. The highest BCUT2D eigenvalue weighted by molar-refractivity contribution is 5.58. The number of hydrogen-bond acceptors (Lipinski definition) is 3. The number of aromatic nitrogens is 2. The summed E-state index contributed by atoms with van der Waals surface area (Å²) in [6.07, 6.45) is -0.791. The molecule has 4 nitrogen and oxygen atoms in total. The molecule has 2 aromatic heterocycles. The van der Waals surface area contributed by atoms with E-state index in [-0.39, 0.29) is 0 Å². The molecule has 0 bridgehead atoms.